The van der Waals surface area contributed by atoms with Crippen molar-refractivity contribution in [3.8, 4) is 0 Å². The second-order valence-electron chi connectivity index (χ2n) is 1.75. The lowest BCUT2D eigenvalue weighted by Crippen LogP contribution is -2.41. The van der Waals surface area contributed by atoms with Gasteiger partial charge in [-0.1, -0.05) is 0 Å². The SMILES string of the molecule is Cn1c(=O)[nH]c(=O)[nH]c1=O. The monoisotopic (exact) mass is 143 g/mol. The highest BCUT2D eigenvalue weighted by Gasteiger charge is 1.93. The number of nitrogens with zero attached hydrogens (tertiary/aromatic N) is 1. The Morgan fingerprint density at radius 3 is 1.90 bits per heavy atom. The minimum atomic E-state index is -0.784. The van der Waals surface area contributed by atoms with Crippen LogP contribution in [-0.2, 0) is 7.05 Å². The quantitative estimate of drug-likeness (QED) is 0.430. The molecule has 0 atom stereocenters. The molecule has 54 valence electrons. The van der Waals surface area contributed by atoms with Crippen molar-refractivity contribution in [3.05, 3.63) is 31.5 Å². The van der Waals surface area contributed by atoms with E-state index >= 15 is 0 Å². The molecule has 0 aliphatic heterocycles. The number of H-pyrrole nitrogens is 2. The van der Waals surface area contributed by atoms with Gasteiger partial charge < -0.3 is 0 Å². The van der Waals surface area contributed by atoms with Gasteiger partial charge in [0.05, 0.1) is 0 Å². The highest BCUT2D eigenvalue weighted by molar-refractivity contribution is 4.65. The van der Waals surface area contributed by atoms with Gasteiger partial charge in [-0.3, -0.25) is 9.97 Å². The lowest BCUT2D eigenvalue weighted by molar-refractivity contribution is 0.710. The summed E-state index contributed by atoms with van der Waals surface area (Å²) in [5.74, 6) is 0. The van der Waals surface area contributed by atoms with E-state index in [1.165, 1.54) is 7.05 Å². The van der Waals surface area contributed by atoms with Crippen LogP contribution in [0.25, 0.3) is 0 Å². The standard InChI is InChI=1S/C4H5N3O3/c1-7-3(9)5-2(8)6-4(7)10/h1H3,(H2,5,6,8,9,10). The summed E-state index contributed by atoms with van der Waals surface area (Å²) in [4.78, 5) is 35.2. The van der Waals surface area contributed by atoms with E-state index in [2.05, 4.69) is 0 Å². The summed E-state index contributed by atoms with van der Waals surface area (Å²) in [5, 5.41) is 0. The van der Waals surface area contributed by atoms with Crippen molar-refractivity contribution in [1.82, 2.24) is 14.5 Å². The Morgan fingerprint density at radius 2 is 1.50 bits per heavy atom. The fourth-order valence-electron chi connectivity index (χ4n) is 0.485. The lowest BCUT2D eigenvalue weighted by atomic mass is 10.9. The topological polar surface area (TPSA) is 87.7 Å². The third kappa shape index (κ3) is 0.903. The van der Waals surface area contributed by atoms with Gasteiger partial charge in [-0.05, 0) is 0 Å². The van der Waals surface area contributed by atoms with E-state index in [1.807, 2.05) is 9.97 Å². The first kappa shape index (κ1) is 6.53. The van der Waals surface area contributed by atoms with E-state index in [9.17, 15) is 14.4 Å². The van der Waals surface area contributed by atoms with Gasteiger partial charge in [-0.15, -0.1) is 0 Å². The van der Waals surface area contributed by atoms with Crippen molar-refractivity contribution in [2.75, 3.05) is 0 Å². The van der Waals surface area contributed by atoms with Gasteiger partial charge in [0.15, 0.2) is 0 Å². The molecule has 1 heterocycles. The molecule has 0 amide bonds. The molecular weight excluding hydrogens is 138 g/mol. The highest BCUT2D eigenvalue weighted by Crippen LogP contribution is 1.43. The predicted molar refractivity (Wildman–Crippen MR) is 32.9 cm³/mol. The summed E-state index contributed by atoms with van der Waals surface area (Å²) in [6.07, 6.45) is 0. The van der Waals surface area contributed by atoms with Gasteiger partial charge in [0.25, 0.3) is 0 Å². The van der Waals surface area contributed by atoms with Crippen molar-refractivity contribution in [2.45, 2.75) is 0 Å². The van der Waals surface area contributed by atoms with Crippen molar-refractivity contribution in [1.29, 1.82) is 0 Å². The van der Waals surface area contributed by atoms with Crippen LogP contribution in [0.5, 0.6) is 0 Å². The van der Waals surface area contributed by atoms with Crippen LogP contribution in [0.2, 0.25) is 0 Å². The van der Waals surface area contributed by atoms with E-state index in [4.69, 9.17) is 0 Å². The summed E-state index contributed by atoms with van der Waals surface area (Å²) < 4.78 is 0.765. The van der Waals surface area contributed by atoms with Crippen LogP contribution >= 0.6 is 0 Å². The second-order valence-corrected chi connectivity index (χ2v) is 1.75. The first-order valence-corrected chi connectivity index (χ1v) is 2.51. The Labute approximate surface area is 54.1 Å². The average Bonchev–Trinajstić information content (AvgIpc) is 1.82. The van der Waals surface area contributed by atoms with Gasteiger partial charge >= 0.3 is 17.1 Å². The molecule has 6 nitrogen and oxygen atoms in total. The summed E-state index contributed by atoms with van der Waals surface area (Å²) in [6, 6.07) is 0. The molecular formula is C4H5N3O3. The molecule has 0 aliphatic rings. The smallest absolute Gasteiger partial charge is 0.259 e. The maximum Gasteiger partial charge on any atom is 0.333 e. The molecule has 1 aromatic heterocycles. The summed E-state index contributed by atoms with van der Waals surface area (Å²) in [5.41, 5.74) is -2.21. The fourth-order valence-corrected chi connectivity index (χ4v) is 0.485. The van der Waals surface area contributed by atoms with Crippen LogP contribution in [0.1, 0.15) is 0 Å². The van der Waals surface area contributed by atoms with Crippen LogP contribution in [-0.4, -0.2) is 14.5 Å². The zero-order chi connectivity index (χ0) is 7.72. The van der Waals surface area contributed by atoms with E-state index in [1.54, 1.807) is 0 Å². The van der Waals surface area contributed by atoms with E-state index in [0.29, 0.717) is 0 Å². The molecule has 6 heteroatoms. The number of nitrogens with one attached hydrogen (secondary N) is 2. The third-order valence-electron chi connectivity index (χ3n) is 1.05. The van der Waals surface area contributed by atoms with Gasteiger partial charge in [0, 0.05) is 7.05 Å². The molecule has 0 bridgehead atoms. The van der Waals surface area contributed by atoms with Gasteiger partial charge in [-0.25, -0.2) is 19.0 Å². The molecule has 1 rings (SSSR count). The van der Waals surface area contributed by atoms with Gasteiger partial charge in [0.1, 0.15) is 0 Å². The number of rotatable bonds is 0. The molecule has 0 aliphatic carbocycles. The molecule has 0 aromatic carbocycles. The summed E-state index contributed by atoms with van der Waals surface area (Å²) >= 11 is 0. The highest BCUT2D eigenvalue weighted by atomic mass is 16.2. The van der Waals surface area contributed by atoms with E-state index in [0.717, 1.165) is 4.57 Å². The lowest BCUT2D eigenvalue weighted by Gasteiger charge is -1.88. The average molecular weight is 143 g/mol. The van der Waals surface area contributed by atoms with Crippen molar-refractivity contribution >= 4 is 0 Å². The zero-order valence-corrected chi connectivity index (χ0v) is 5.17. The number of hydrogen-bond acceptors (Lipinski definition) is 3. The first-order chi connectivity index (χ1) is 4.61. The Kier molecular flexibility index (Phi) is 1.29. The molecule has 1 aromatic rings. The Bertz CT molecular complexity index is 361. The van der Waals surface area contributed by atoms with Crippen molar-refractivity contribution < 1.29 is 0 Å². The second kappa shape index (κ2) is 1.98. The zero-order valence-electron chi connectivity index (χ0n) is 5.17. The van der Waals surface area contributed by atoms with Crippen LogP contribution in [0.15, 0.2) is 14.4 Å². The van der Waals surface area contributed by atoms with Crippen LogP contribution in [0.3, 0.4) is 0 Å². The molecule has 0 radical (unpaired) electrons. The Morgan fingerprint density at radius 1 is 1.10 bits per heavy atom. The molecule has 0 fully saturated rings. The van der Waals surface area contributed by atoms with Crippen LogP contribution in [0, 0.1) is 0 Å². The normalized spacial score (nSPS) is 9.70. The van der Waals surface area contributed by atoms with E-state index in [-0.39, 0.29) is 0 Å². The van der Waals surface area contributed by atoms with E-state index < -0.39 is 17.1 Å². The van der Waals surface area contributed by atoms with Crippen LogP contribution in [0.4, 0.5) is 0 Å². The van der Waals surface area contributed by atoms with Crippen molar-refractivity contribution in [3.63, 3.8) is 0 Å². The molecule has 0 unspecified atom stereocenters. The predicted octanol–water partition coefficient (Wildman–Crippen LogP) is -2.24. The maximum absolute atomic E-state index is 10.5. The molecule has 0 saturated carbocycles. The molecule has 2 N–H and O–H groups in total. The molecule has 0 saturated heterocycles. The number of aromatic nitrogens is 3. The van der Waals surface area contributed by atoms with Crippen molar-refractivity contribution in [2.24, 2.45) is 7.05 Å². The number of aromatic amines is 2. The first-order valence-electron chi connectivity index (χ1n) is 2.51. The minimum Gasteiger partial charge on any atom is -0.259 e. The fraction of sp³-hybridized carbons (Fsp3) is 0.250. The molecule has 10 heavy (non-hydrogen) atoms. The Balaban J connectivity index is 3.80. The summed E-state index contributed by atoms with van der Waals surface area (Å²) in [6.45, 7) is 0. The molecule has 0 spiro atoms. The van der Waals surface area contributed by atoms with Gasteiger partial charge in [-0.2, -0.15) is 0 Å². The maximum atomic E-state index is 10.5. The third-order valence-corrected chi connectivity index (χ3v) is 1.05. The summed E-state index contributed by atoms with van der Waals surface area (Å²) in [7, 11) is 1.26. The van der Waals surface area contributed by atoms with Gasteiger partial charge in [0.2, 0.25) is 0 Å². The largest absolute Gasteiger partial charge is 0.333 e. The van der Waals surface area contributed by atoms with Crippen LogP contribution < -0.4 is 17.1 Å². The number of hydrogen-bond donors (Lipinski definition) is 2. The Hall–Kier alpha value is -1.59. The minimum absolute atomic E-state index is 0.714.